The number of primary amides is 1. The molecule has 1 atom stereocenters. The molecule has 0 bridgehead atoms. The molecule has 1 aliphatic heterocycles. The summed E-state index contributed by atoms with van der Waals surface area (Å²) in [5.74, 6) is 0.449. The van der Waals surface area contributed by atoms with Crippen LogP contribution in [0.3, 0.4) is 0 Å². The predicted molar refractivity (Wildman–Crippen MR) is 93.9 cm³/mol. The summed E-state index contributed by atoms with van der Waals surface area (Å²) in [6.45, 7) is 6.04. The van der Waals surface area contributed by atoms with E-state index < -0.39 is 0 Å². The maximum atomic E-state index is 11.4. The van der Waals surface area contributed by atoms with Gasteiger partial charge in [-0.3, -0.25) is 9.69 Å². The number of rotatable bonds is 5. The van der Waals surface area contributed by atoms with Crippen LogP contribution in [0.5, 0.6) is 5.75 Å². The highest BCUT2D eigenvalue weighted by Crippen LogP contribution is 2.31. The number of amides is 1. The van der Waals surface area contributed by atoms with Gasteiger partial charge < -0.3 is 15.2 Å². The normalized spacial score (nSPS) is 18.3. The van der Waals surface area contributed by atoms with Crippen LogP contribution in [0.1, 0.15) is 23.0 Å². The second kappa shape index (κ2) is 7.25. The molecule has 7 nitrogen and oxygen atoms in total. The molecule has 7 heteroatoms. The molecular weight excluding hydrogens is 320 g/mol. The standard InChI is InChI=1S/C18H24N4O3/c1-12-18(16-11-25-8-7-21(16)10-17(19)23)13(2)22(20-12)14-5-4-6-15(9-14)24-3/h4-6,9,16H,7-8,10-11H2,1-3H3,(H2,19,23). The van der Waals surface area contributed by atoms with Gasteiger partial charge in [0.25, 0.3) is 0 Å². The first-order chi connectivity index (χ1) is 12.0. The number of aromatic nitrogens is 2. The molecular formula is C18H24N4O3. The van der Waals surface area contributed by atoms with Gasteiger partial charge in [0.05, 0.1) is 44.3 Å². The van der Waals surface area contributed by atoms with Crippen molar-refractivity contribution in [3.05, 3.63) is 41.2 Å². The van der Waals surface area contributed by atoms with Crippen molar-refractivity contribution in [2.45, 2.75) is 19.9 Å². The third-order valence-electron chi connectivity index (χ3n) is 4.58. The Balaban J connectivity index is 1.99. The van der Waals surface area contributed by atoms with Crippen molar-refractivity contribution in [3.63, 3.8) is 0 Å². The number of hydrogen-bond donors (Lipinski definition) is 1. The molecule has 0 saturated carbocycles. The summed E-state index contributed by atoms with van der Waals surface area (Å²) in [7, 11) is 1.65. The molecule has 1 saturated heterocycles. The zero-order chi connectivity index (χ0) is 18.0. The number of benzene rings is 1. The van der Waals surface area contributed by atoms with Crippen LogP contribution in [0.2, 0.25) is 0 Å². The number of carbonyl (C=O) groups excluding carboxylic acids is 1. The first-order valence-electron chi connectivity index (χ1n) is 8.32. The van der Waals surface area contributed by atoms with Gasteiger partial charge in [0.1, 0.15) is 5.75 Å². The monoisotopic (exact) mass is 344 g/mol. The Kier molecular flexibility index (Phi) is 5.06. The van der Waals surface area contributed by atoms with Crippen molar-refractivity contribution < 1.29 is 14.3 Å². The van der Waals surface area contributed by atoms with E-state index in [1.807, 2.05) is 42.8 Å². The number of methoxy groups -OCH3 is 1. The minimum atomic E-state index is -0.331. The molecule has 1 aromatic carbocycles. The summed E-state index contributed by atoms with van der Waals surface area (Å²) in [6, 6.07) is 7.75. The molecule has 2 aromatic rings. The fraction of sp³-hybridized carbons (Fsp3) is 0.444. The number of nitrogens with two attached hydrogens (primary N) is 1. The minimum Gasteiger partial charge on any atom is -0.497 e. The number of aryl methyl sites for hydroxylation is 1. The smallest absolute Gasteiger partial charge is 0.231 e. The number of morpholine rings is 1. The molecule has 0 aliphatic carbocycles. The fourth-order valence-electron chi connectivity index (χ4n) is 3.42. The van der Waals surface area contributed by atoms with E-state index in [1.165, 1.54) is 0 Å². The number of nitrogens with zero attached hydrogens (tertiary/aromatic N) is 3. The van der Waals surface area contributed by atoms with E-state index in [0.717, 1.165) is 28.4 Å². The van der Waals surface area contributed by atoms with Gasteiger partial charge >= 0.3 is 0 Å². The lowest BCUT2D eigenvalue weighted by atomic mass is 10.0. The predicted octanol–water partition coefficient (Wildman–Crippen LogP) is 1.36. The van der Waals surface area contributed by atoms with Gasteiger partial charge in [0.15, 0.2) is 0 Å². The third kappa shape index (κ3) is 3.52. The first kappa shape index (κ1) is 17.4. The average Bonchev–Trinajstić information content (AvgIpc) is 2.89. The zero-order valence-corrected chi connectivity index (χ0v) is 14.9. The maximum Gasteiger partial charge on any atom is 0.231 e. The van der Waals surface area contributed by atoms with Crippen LogP contribution in [0.4, 0.5) is 0 Å². The molecule has 1 aliphatic rings. The molecule has 2 N–H and O–H groups in total. The summed E-state index contributed by atoms with van der Waals surface area (Å²) in [5, 5.41) is 4.71. The SMILES string of the molecule is COc1cccc(-n2nc(C)c(C3COCCN3CC(N)=O)c2C)c1. The average molecular weight is 344 g/mol. The zero-order valence-electron chi connectivity index (χ0n) is 14.9. The van der Waals surface area contributed by atoms with Crippen LogP contribution in [0.25, 0.3) is 5.69 Å². The summed E-state index contributed by atoms with van der Waals surface area (Å²) in [5.41, 5.74) is 9.38. The van der Waals surface area contributed by atoms with E-state index in [2.05, 4.69) is 4.90 Å². The van der Waals surface area contributed by atoms with Crippen molar-refractivity contribution in [1.29, 1.82) is 0 Å². The molecule has 1 unspecified atom stereocenters. The first-order valence-corrected chi connectivity index (χ1v) is 8.32. The maximum absolute atomic E-state index is 11.4. The number of hydrogen-bond acceptors (Lipinski definition) is 5. The molecule has 1 fully saturated rings. The summed E-state index contributed by atoms with van der Waals surface area (Å²) >= 11 is 0. The third-order valence-corrected chi connectivity index (χ3v) is 4.58. The minimum absolute atomic E-state index is 0.0272. The Bertz CT molecular complexity index is 772. The van der Waals surface area contributed by atoms with E-state index in [1.54, 1.807) is 7.11 Å². The van der Waals surface area contributed by atoms with Crippen molar-refractivity contribution in [1.82, 2.24) is 14.7 Å². The van der Waals surface area contributed by atoms with Crippen LogP contribution in [-0.2, 0) is 9.53 Å². The second-order valence-corrected chi connectivity index (χ2v) is 6.23. The highest BCUT2D eigenvalue weighted by Gasteiger charge is 2.30. The van der Waals surface area contributed by atoms with Gasteiger partial charge in [0, 0.05) is 23.9 Å². The summed E-state index contributed by atoms with van der Waals surface area (Å²) in [4.78, 5) is 13.5. The molecule has 1 amide bonds. The molecule has 134 valence electrons. The van der Waals surface area contributed by atoms with E-state index in [9.17, 15) is 4.79 Å². The quantitative estimate of drug-likeness (QED) is 0.885. The second-order valence-electron chi connectivity index (χ2n) is 6.23. The molecule has 0 radical (unpaired) electrons. The van der Waals surface area contributed by atoms with Crippen LogP contribution < -0.4 is 10.5 Å². The lowest BCUT2D eigenvalue weighted by molar-refractivity contribution is -0.121. The van der Waals surface area contributed by atoms with Crippen LogP contribution in [-0.4, -0.2) is 54.0 Å². The Morgan fingerprint density at radius 3 is 2.96 bits per heavy atom. The van der Waals surface area contributed by atoms with E-state index in [-0.39, 0.29) is 18.5 Å². The van der Waals surface area contributed by atoms with Gasteiger partial charge in [-0.05, 0) is 26.0 Å². The molecule has 25 heavy (non-hydrogen) atoms. The molecule has 0 spiro atoms. The lowest BCUT2D eigenvalue weighted by Gasteiger charge is -2.35. The van der Waals surface area contributed by atoms with Crippen LogP contribution in [0.15, 0.2) is 24.3 Å². The van der Waals surface area contributed by atoms with Crippen molar-refractivity contribution >= 4 is 5.91 Å². The topological polar surface area (TPSA) is 82.6 Å². The number of carbonyl (C=O) groups is 1. The van der Waals surface area contributed by atoms with Gasteiger partial charge in [-0.25, -0.2) is 4.68 Å². The molecule has 1 aromatic heterocycles. The molecule has 3 rings (SSSR count). The Labute approximate surface area is 147 Å². The summed E-state index contributed by atoms with van der Waals surface area (Å²) < 4.78 is 12.9. The van der Waals surface area contributed by atoms with E-state index in [4.69, 9.17) is 20.3 Å². The van der Waals surface area contributed by atoms with Crippen LogP contribution in [0, 0.1) is 13.8 Å². The molecule has 2 heterocycles. The van der Waals surface area contributed by atoms with E-state index in [0.29, 0.717) is 19.8 Å². The van der Waals surface area contributed by atoms with Crippen molar-refractivity contribution in [2.24, 2.45) is 5.73 Å². The summed E-state index contributed by atoms with van der Waals surface area (Å²) in [6.07, 6.45) is 0. The van der Waals surface area contributed by atoms with Crippen LogP contribution >= 0.6 is 0 Å². The van der Waals surface area contributed by atoms with Gasteiger partial charge in [0.2, 0.25) is 5.91 Å². The Morgan fingerprint density at radius 1 is 1.44 bits per heavy atom. The number of ether oxygens (including phenoxy) is 2. The van der Waals surface area contributed by atoms with Crippen molar-refractivity contribution in [2.75, 3.05) is 33.4 Å². The highest BCUT2D eigenvalue weighted by molar-refractivity contribution is 5.76. The fourth-order valence-corrected chi connectivity index (χ4v) is 3.42. The van der Waals surface area contributed by atoms with Crippen molar-refractivity contribution in [3.8, 4) is 11.4 Å². The van der Waals surface area contributed by atoms with Gasteiger partial charge in [-0.15, -0.1) is 0 Å². The van der Waals surface area contributed by atoms with E-state index >= 15 is 0 Å². The Morgan fingerprint density at radius 2 is 2.24 bits per heavy atom. The van der Waals surface area contributed by atoms with Gasteiger partial charge in [-0.1, -0.05) is 6.07 Å². The highest BCUT2D eigenvalue weighted by atomic mass is 16.5. The van der Waals surface area contributed by atoms with Gasteiger partial charge in [-0.2, -0.15) is 5.10 Å². The largest absolute Gasteiger partial charge is 0.497 e. The Hall–Kier alpha value is -2.38. The lowest BCUT2D eigenvalue weighted by Crippen LogP contribution is -2.44.